The zero-order valence-electron chi connectivity index (χ0n) is 9.54. The lowest BCUT2D eigenvalue weighted by molar-refractivity contribution is 0.307. The fourth-order valence-corrected chi connectivity index (χ4v) is 1.74. The zero-order valence-corrected chi connectivity index (χ0v) is 9.54. The van der Waals surface area contributed by atoms with Gasteiger partial charge in [-0.2, -0.15) is 0 Å². The molecule has 0 radical (unpaired) electrons. The molecule has 0 bridgehead atoms. The number of pyridine rings is 1. The molecule has 0 unspecified atom stereocenters. The number of rotatable bonds is 3. The average Bonchev–Trinajstić information content (AvgIpc) is 2.92. The highest BCUT2D eigenvalue weighted by molar-refractivity contribution is 5.94. The fourth-order valence-electron chi connectivity index (χ4n) is 1.74. The summed E-state index contributed by atoms with van der Waals surface area (Å²) in [6.45, 7) is 0.388. The summed E-state index contributed by atoms with van der Waals surface area (Å²) in [6.07, 6.45) is 4.88. The second kappa shape index (κ2) is 4.37. The maximum absolute atomic E-state index is 5.90. The van der Waals surface area contributed by atoms with Gasteiger partial charge in [0.05, 0.1) is 6.20 Å². The molecular weight excluding hydrogens is 230 g/mol. The molecule has 2 N–H and O–H groups in total. The van der Waals surface area contributed by atoms with Crippen LogP contribution in [0.1, 0.15) is 5.56 Å². The van der Waals surface area contributed by atoms with Gasteiger partial charge in [0.1, 0.15) is 24.1 Å². The number of anilines is 1. The van der Waals surface area contributed by atoms with Crippen molar-refractivity contribution in [2.24, 2.45) is 0 Å². The van der Waals surface area contributed by atoms with Crippen LogP contribution in [-0.2, 0) is 6.61 Å². The number of ether oxygens (including phenoxy) is 1. The standard InChI is InChI=1S/C13H11N3O2/c14-11-3-4-12(13-10(11)2-1-5-15-13)17-7-9-6-16-18-8-9/h1-6,8H,7,14H2. The minimum absolute atomic E-state index is 0.388. The Kier molecular flexibility index (Phi) is 2.57. The summed E-state index contributed by atoms with van der Waals surface area (Å²) in [6, 6.07) is 7.40. The third kappa shape index (κ3) is 1.86. The molecule has 5 heteroatoms. The molecule has 18 heavy (non-hydrogen) atoms. The summed E-state index contributed by atoms with van der Waals surface area (Å²) in [5, 5.41) is 4.51. The number of benzene rings is 1. The molecule has 0 aliphatic rings. The largest absolute Gasteiger partial charge is 0.486 e. The number of fused-ring (bicyclic) bond motifs is 1. The fraction of sp³-hybridized carbons (Fsp3) is 0.0769. The highest BCUT2D eigenvalue weighted by Gasteiger charge is 2.06. The van der Waals surface area contributed by atoms with E-state index in [1.54, 1.807) is 18.7 Å². The number of nitrogen functional groups attached to an aromatic ring is 1. The van der Waals surface area contributed by atoms with Crippen LogP contribution < -0.4 is 10.5 Å². The maximum atomic E-state index is 5.90. The van der Waals surface area contributed by atoms with E-state index in [1.165, 1.54) is 0 Å². The van der Waals surface area contributed by atoms with E-state index in [0.29, 0.717) is 18.0 Å². The van der Waals surface area contributed by atoms with E-state index in [2.05, 4.69) is 10.1 Å². The first-order chi connectivity index (χ1) is 8.84. The zero-order chi connectivity index (χ0) is 12.4. The van der Waals surface area contributed by atoms with Gasteiger partial charge in [-0.15, -0.1) is 0 Å². The number of nitrogens with zero attached hydrogens (tertiary/aromatic N) is 2. The Labute approximate surface area is 103 Å². The molecule has 2 aromatic heterocycles. The van der Waals surface area contributed by atoms with E-state index in [1.807, 2.05) is 24.3 Å². The van der Waals surface area contributed by atoms with E-state index < -0.39 is 0 Å². The summed E-state index contributed by atoms with van der Waals surface area (Å²) in [5.74, 6) is 0.695. The van der Waals surface area contributed by atoms with Gasteiger partial charge in [0.2, 0.25) is 0 Å². The van der Waals surface area contributed by atoms with Crippen molar-refractivity contribution in [3.05, 3.63) is 48.5 Å². The number of aromatic nitrogens is 2. The van der Waals surface area contributed by atoms with Gasteiger partial charge < -0.3 is 15.0 Å². The van der Waals surface area contributed by atoms with Crippen LogP contribution in [-0.4, -0.2) is 10.1 Å². The molecule has 0 saturated heterocycles. The third-order valence-corrected chi connectivity index (χ3v) is 2.64. The van der Waals surface area contributed by atoms with Crippen LogP contribution in [0.4, 0.5) is 5.69 Å². The van der Waals surface area contributed by atoms with Gasteiger partial charge in [-0.25, -0.2) is 0 Å². The molecule has 3 rings (SSSR count). The van der Waals surface area contributed by atoms with Gasteiger partial charge in [0.15, 0.2) is 0 Å². The van der Waals surface area contributed by atoms with Crippen molar-refractivity contribution >= 4 is 16.6 Å². The Morgan fingerprint density at radius 1 is 1.28 bits per heavy atom. The Bertz CT molecular complexity index is 665. The Morgan fingerprint density at radius 3 is 3.06 bits per heavy atom. The molecule has 0 saturated carbocycles. The van der Waals surface area contributed by atoms with E-state index in [9.17, 15) is 0 Å². The minimum atomic E-state index is 0.388. The van der Waals surface area contributed by atoms with Crippen molar-refractivity contribution in [2.45, 2.75) is 6.61 Å². The normalized spacial score (nSPS) is 10.7. The first kappa shape index (κ1) is 10.6. The van der Waals surface area contributed by atoms with Gasteiger partial charge in [-0.3, -0.25) is 4.98 Å². The van der Waals surface area contributed by atoms with E-state index >= 15 is 0 Å². The lowest BCUT2D eigenvalue weighted by Gasteiger charge is -2.08. The monoisotopic (exact) mass is 241 g/mol. The van der Waals surface area contributed by atoms with E-state index in [-0.39, 0.29) is 0 Å². The highest BCUT2D eigenvalue weighted by atomic mass is 16.5. The predicted octanol–water partition coefficient (Wildman–Crippen LogP) is 2.38. The maximum Gasteiger partial charge on any atom is 0.146 e. The Hall–Kier alpha value is -2.56. The van der Waals surface area contributed by atoms with E-state index in [4.69, 9.17) is 15.0 Å². The van der Waals surface area contributed by atoms with Crippen LogP contribution in [0.2, 0.25) is 0 Å². The molecular formula is C13H11N3O2. The van der Waals surface area contributed by atoms with Gasteiger partial charge in [-0.1, -0.05) is 5.16 Å². The third-order valence-electron chi connectivity index (χ3n) is 2.64. The molecule has 1 aromatic carbocycles. The van der Waals surface area contributed by atoms with Gasteiger partial charge in [-0.05, 0) is 24.3 Å². The smallest absolute Gasteiger partial charge is 0.146 e. The molecule has 0 spiro atoms. The predicted molar refractivity (Wildman–Crippen MR) is 67.0 cm³/mol. The molecule has 0 fully saturated rings. The lowest BCUT2D eigenvalue weighted by Crippen LogP contribution is -1.97. The molecule has 2 heterocycles. The van der Waals surface area contributed by atoms with Crippen molar-refractivity contribution in [3.8, 4) is 5.75 Å². The summed E-state index contributed by atoms with van der Waals surface area (Å²) in [7, 11) is 0. The average molecular weight is 241 g/mol. The summed E-state index contributed by atoms with van der Waals surface area (Å²) >= 11 is 0. The second-order valence-corrected chi connectivity index (χ2v) is 3.87. The van der Waals surface area contributed by atoms with Gasteiger partial charge >= 0.3 is 0 Å². The number of hydrogen-bond acceptors (Lipinski definition) is 5. The summed E-state index contributed by atoms with van der Waals surface area (Å²) in [5.41, 5.74) is 8.21. The van der Waals surface area contributed by atoms with Crippen molar-refractivity contribution in [1.29, 1.82) is 0 Å². The van der Waals surface area contributed by atoms with Crippen molar-refractivity contribution < 1.29 is 9.26 Å². The van der Waals surface area contributed by atoms with Crippen LogP contribution in [0.3, 0.4) is 0 Å². The van der Waals surface area contributed by atoms with Crippen molar-refractivity contribution in [1.82, 2.24) is 10.1 Å². The van der Waals surface area contributed by atoms with Crippen LogP contribution >= 0.6 is 0 Å². The lowest BCUT2D eigenvalue weighted by atomic mass is 10.1. The molecule has 5 nitrogen and oxygen atoms in total. The summed E-state index contributed by atoms with van der Waals surface area (Å²) in [4.78, 5) is 4.30. The highest BCUT2D eigenvalue weighted by Crippen LogP contribution is 2.28. The quantitative estimate of drug-likeness (QED) is 0.712. The molecule has 90 valence electrons. The first-order valence-corrected chi connectivity index (χ1v) is 5.49. The van der Waals surface area contributed by atoms with Crippen LogP contribution in [0.5, 0.6) is 5.75 Å². The topological polar surface area (TPSA) is 74.2 Å². The minimum Gasteiger partial charge on any atom is -0.486 e. The Balaban J connectivity index is 1.94. The SMILES string of the molecule is Nc1ccc(OCc2cnoc2)c2ncccc12. The number of nitrogens with two attached hydrogens (primary N) is 1. The van der Waals surface area contributed by atoms with Crippen LogP contribution in [0, 0.1) is 0 Å². The summed E-state index contributed by atoms with van der Waals surface area (Å²) < 4.78 is 10.4. The molecule has 0 atom stereocenters. The van der Waals surface area contributed by atoms with Crippen molar-refractivity contribution in [2.75, 3.05) is 5.73 Å². The van der Waals surface area contributed by atoms with Crippen LogP contribution in [0.15, 0.2) is 47.4 Å². The molecule has 0 aliphatic heterocycles. The Morgan fingerprint density at radius 2 is 2.22 bits per heavy atom. The molecule has 0 aliphatic carbocycles. The molecule has 0 amide bonds. The second-order valence-electron chi connectivity index (χ2n) is 3.87. The van der Waals surface area contributed by atoms with Gasteiger partial charge in [0.25, 0.3) is 0 Å². The first-order valence-electron chi connectivity index (χ1n) is 5.49. The van der Waals surface area contributed by atoms with Gasteiger partial charge in [0, 0.05) is 22.8 Å². The van der Waals surface area contributed by atoms with E-state index in [0.717, 1.165) is 16.5 Å². The molecule has 3 aromatic rings. The number of hydrogen-bond donors (Lipinski definition) is 1. The van der Waals surface area contributed by atoms with Crippen molar-refractivity contribution in [3.63, 3.8) is 0 Å². The van der Waals surface area contributed by atoms with Crippen LogP contribution in [0.25, 0.3) is 10.9 Å².